The summed E-state index contributed by atoms with van der Waals surface area (Å²) in [6.45, 7) is 0. The number of benzene rings is 1. The van der Waals surface area contributed by atoms with Crippen LogP contribution in [0.1, 0.15) is 32.1 Å². The molecule has 0 radical (unpaired) electrons. The van der Waals surface area contributed by atoms with Gasteiger partial charge in [-0.25, -0.2) is 13.4 Å². The molecule has 0 atom stereocenters. The van der Waals surface area contributed by atoms with Crippen LogP contribution < -0.4 is 10.6 Å². The number of nitrogens with zero attached hydrogens (tertiary/aromatic N) is 1. The third-order valence-electron chi connectivity index (χ3n) is 4.64. The van der Waals surface area contributed by atoms with Crippen molar-refractivity contribution in [2.24, 2.45) is 0 Å². The van der Waals surface area contributed by atoms with Gasteiger partial charge in [0.05, 0.1) is 10.6 Å². The van der Waals surface area contributed by atoms with Crippen LogP contribution in [-0.2, 0) is 9.84 Å². The lowest BCUT2D eigenvalue weighted by Gasteiger charge is -2.34. The Hall–Kier alpha value is -2.08. The van der Waals surface area contributed by atoms with Crippen molar-refractivity contribution in [1.82, 2.24) is 4.98 Å². The molecule has 4 rings (SSSR count). The van der Waals surface area contributed by atoms with Crippen molar-refractivity contribution >= 4 is 21.3 Å². The highest BCUT2D eigenvalue weighted by atomic mass is 32.2. The number of rotatable bonds is 2. The first-order chi connectivity index (χ1) is 11.1. The molecule has 5 nitrogen and oxygen atoms in total. The molecule has 2 heterocycles. The van der Waals surface area contributed by atoms with E-state index in [4.69, 9.17) is 0 Å². The summed E-state index contributed by atoms with van der Waals surface area (Å²) < 4.78 is 25.4. The summed E-state index contributed by atoms with van der Waals surface area (Å²) in [5, 5.41) is 7.01. The van der Waals surface area contributed by atoms with E-state index in [1.165, 1.54) is 19.3 Å². The van der Waals surface area contributed by atoms with Gasteiger partial charge in [0.1, 0.15) is 5.66 Å². The quantitative estimate of drug-likeness (QED) is 0.883. The highest BCUT2D eigenvalue weighted by molar-refractivity contribution is 7.91. The van der Waals surface area contributed by atoms with E-state index in [0.717, 1.165) is 18.5 Å². The molecule has 2 N–H and O–H groups in total. The standard InChI is InChI=1S/C17H19N3O2S/c21-23(22,13-7-3-1-4-8-13)15-10-9-14-16(18-15)20-17(19-14)11-5-2-6-12-17/h1,3-4,7-10,19H,2,5-6,11-12H2,(H,18,20). The molecule has 0 saturated heterocycles. The maximum absolute atomic E-state index is 12.7. The van der Waals surface area contributed by atoms with Gasteiger partial charge in [-0.3, -0.25) is 0 Å². The second-order valence-electron chi connectivity index (χ2n) is 6.25. The molecule has 6 heteroatoms. The number of aromatic nitrogens is 1. The number of anilines is 2. The molecule has 2 aliphatic rings. The van der Waals surface area contributed by atoms with Crippen molar-refractivity contribution in [2.75, 3.05) is 10.6 Å². The van der Waals surface area contributed by atoms with Crippen molar-refractivity contribution in [3.8, 4) is 0 Å². The topological polar surface area (TPSA) is 71.1 Å². The molecule has 1 aromatic carbocycles. The highest BCUT2D eigenvalue weighted by Gasteiger charge is 2.38. The zero-order chi connectivity index (χ0) is 15.9. The molecule has 0 unspecified atom stereocenters. The van der Waals surface area contributed by atoms with Crippen LogP contribution in [0, 0.1) is 0 Å². The average Bonchev–Trinajstić information content (AvgIpc) is 2.92. The SMILES string of the molecule is O=S(=O)(c1ccccc1)c1ccc2c(n1)NC1(CCCCC1)N2. The Morgan fingerprint density at radius 2 is 1.65 bits per heavy atom. The van der Waals surface area contributed by atoms with Crippen LogP contribution >= 0.6 is 0 Å². The average molecular weight is 329 g/mol. The van der Waals surface area contributed by atoms with Gasteiger partial charge >= 0.3 is 0 Å². The zero-order valence-electron chi connectivity index (χ0n) is 12.7. The molecule has 0 bridgehead atoms. The summed E-state index contributed by atoms with van der Waals surface area (Å²) in [6, 6.07) is 11.8. The summed E-state index contributed by atoms with van der Waals surface area (Å²) in [6.07, 6.45) is 5.66. The normalized spacial score (nSPS) is 19.0. The molecule has 1 aliphatic carbocycles. The molecular formula is C17H19N3O2S. The van der Waals surface area contributed by atoms with E-state index in [9.17, 15) is 8.42 Å². The van der Waals surface area contributed by atoms with E-state index in [0.29, 0.717) is 5.82 Å². The maximum Gasteiger partial charge on any atom is 0.223 e. The minimum atomic E-state index is -3.58. The fraction of sp³-hybridized carbons (Fsp3) is 0.353. The van der Waals surface area contributed by atoms with Crippen LogP contribution in [0.2, 0.25) is 0 Å². The van der Waals surface area contributed by atoms with E-state index < -0.39 is 9.84 Å². The highest BCUT2D eigenvalue weighted by Crippen LogP contribution is 2.41. The molecule has 120 valence electrons. The first-order valence-electron chi connectivity index (χ1n) is 7.97. The van der Waals surface area contributed by atoms with Gasteiger partial charge in [0.2, 0.25) is 9.84 Å². The van der Waals surface area contributed by atoms with Gasteiger partial charge in [0.25, 0.3) is 0 Å². The first-order valence-corrected chi connectivity index (χ1v) is 9.45. The lowest BCUT2D eigenvalue weighted by Crippen LogP contribution is -2.43. The molecule has 1 aromatic heterocycles. The van der Waals surface area contributed by atoms with Crippen LogP contribution in [0.15, 0.2) is 52.4 Å². The van der Waals surface area contributed by atoms with Gasteiger partial charge in [0, 0.05) is 0 Å². The Kier molecular flexibility index (Phi) is 3.30. The van der Waals surface area contributed by atoms with Crippen molar-refractivity contribution in [3.05, 3.63) is 42.5 Å². The maximum atomic E-state index is 12.7. The molecule has 2 aromatic rings. The third kappa shape index (κ3) is 2.47. The second-order valence-corrected chi connectivity index (χ2v) is 8.15. The van der Waals surface area contributed by atoms with E-state index in [2.05, 4.69) is 15.6 Å². The number of nitrogens with one attached hydrogen (secondary N) is 2. The molecule has 1 saturated carbocycles. The summed E-state index contributed by atoms with van der Waals surface area (Å²) >= 11 is 0. The number of pyridine rings is 1. The molecule has 0 amide bonds. The molecule has 23 heavy (non-hydrogen) atoms. The van der Waals surface area contributed by atoms with Gasteiger partial charge < -0.3 is 10.6 Å². The minimum Gasteiger partial charge on any atom is -0.360 e. The lowest BCUT2D eigenvalue weighted by atomic mass is 9.90. The zero-order valence-corrected chi connectivity index (χ0v) is 13.6. The van der Waals surface area contributed by atoms with E-state index in [1.807, 2.05) is 6.07 Å². The van der Waals surface area contributed by atoms with Crippen LogP contribution in [0.4, 0.5) is 11.5 Å². The van der Waals surface area contributed by atoms with Crippen LogP contribution in [-0.4, -0.2) is 19.1 Å². The van der Waals surface area contributed by atoms with Gasteiger partial charge in [-0.1, -0.05) is 24.6 Å². The van der Waals surface area contributed by atoms with Crippen LogP contribution in [0.5, 0.6) is 0 Å². The van der Waals surface area contributed by atoms with E-state index in [-0.39, 0.29) is 15.6 Å². The van der Waals surface area contributed by atoms with Crippen LogP contribution in [0.25, 0.3) is 0 Å². The molecule has 1 spiro atoms. The monoisotopic (exact) mass is 329 g/mol. The van der Waals surface area contributed by atoms with Crippen molar-refractivity contribution in [1.29, 1.82) is 0 Å². The number of fused-ring (bicyclic) bond motifs is 1. The Morgan fingerprint density at radius 1 is 0.913 bits per heavy atom. The van der Waals surface area contributed by atoms with Crippen molar-refractivity contribution in [3.63, 3.8) is 0 Å². The summed E-state index contributed by atoms with van der Waals surface area (Å²) in [5.74, 6) is 0.643. The van der Waals surface area contributed by atoms with E-state index >= 15 is 0 Å². The summed E-state index contributed by atoms with van der Waals surface area (Å²) in [4.78, 5) is 4.66. The molecule has 1 fully saturated rings. The Labute approximate surface area is 136 Å². The Balaban J connectivity index is 1.69. The largest absolute Gasteiger partial charge is 0.360 e. The van der Waals surface area contributed by atoms with Gasteiger partial charge in [-0.15, -0.1) is 0 Å². The number of sulfone groups is 1. The van der Waals surface area contributed by atoms with Crippen LogP contribution in [0.3, 0.4) is 0 Å². The predicted octanol–water partition coefficient (Wildman–Crippen LogP) is 3.41. The Morgan fingerprint density at radius 3 is 2.39 bits per heavy atom. The number of hydrogen-bond acceptors (Lipinski definition) is 5. The Bertz CT molecular complexity index is 828. The van der Waals surface area contributed by atoms with Crippen molar-refractivity contribution < 1.29 is 8.42 Å². The second kappa shape index (κ2) is 5.23. The van der Waals surface area contributed by atoms with Gasteiger partial charge in [-0.05, 0) is 49.9 Å². The van der Waals surface area contributed by atoms with Gasteiger partial charge in [-0.2, -0.15) is 0 Å². The lowest BCUT2D eigenvalue weighted by molar-refractivity contribution is 0.366. The summed E-state index contributed by atoms with van der Waals surface area (Å²) in [7, 11) is -3.58. The molecule has 1 aliphatic heterocycles. The number of hydrogen-bond donors (Lipinski definition) is 2. The van der Waals surface area contributed by atoms with Crippen molar-refractivity contribution in [2.45, 2.75) is 47.7 Å². The van der Waals surface area contributed by atoms with E-state index in [1.54, 1.807) is 36.4 Å². The molecular weight excluding hydrogens is 310 g/mol. The van der Waals surface area contributed by atoms with Gasteiger partial charge in [0.15, 0.2) is 10.8 Å². The fourth-order valence-corrected chi connectivity index (χ4v) is 4.64. The smallest absolute Gasteiger partial charge is 0.223 e. The summed E-state index contributed by atoms with van der Waals surface area (Å²) in [5.41, 5.74) is 0.738. The predicted molar refractivity (Wildman–Crippen MR) is 89.2 cm³/mol. The first kappa shape index (κ1) is 14.5. The minimum absolute atomic E-state index is 0.0876. The third-order valence-corrected chi connectivity index (χ3v) is 6.31. The fourth-order valence-electron chi connectivity index (χ4n) is 3.43.